The summed E-state index contributed by atoms with van der Waals surface area (Å²) in [7, 11) is 0. The lowest BCUT2D eigenvalue weighted by molar-refractivity contribution is -0.123. The Labute approximate surface area is 313 Å². The standard InChI is InChI=1S/C46H89NO3/c1-3-5-7-9-11-13-15-17-18-19-20-21-22-23-24-25-26-27-28-30-31-33-35-37-39-41-45(49)44(43-48)47-46(50)42-40-38-36-34-32-29-16-14-12-10-8-6-4-2/h29,32,36,38,44-45,48-49H,3-28,30-31,33-35,37,39-43H2,1-2H3,(H,47,50)/b32-29-,38-36-. The van der Waals surface area contributed by atoms with Crippen molar-refractivity contribution in [3.63, 3.8) is 0 Å². The Kier molecular flexibility index (Phi) is 41.3. The fraction of sp³-hybridized carbons (Fsp3) is 0.891. The van der Waals surface area contributed by atoms with E-state index in [2.05, 4.69) is 43.5 Å². The molecule has 1 amide bonds. The number of amides is 1. The van der Waals surface area contributed by atoms with Crippen LogP contribution in [0.4, 0.5) is 0 Å². The second-order valence-corrected chi connectivity index (χ2v) is 15.5. The molecule has 0 saturated heterocycles. The van der Waals surface area contributed by atoms with E-state index in [1.165, 1.54) is 186 Å². The molecule has 0 aliphatic rings. The summed E-state index contributed by atoms with van der Waals surface area (Å²) >= 11 is 0. The molecular weight excluding hydrogens is 615 g/mol. The van der Waals surface area contributed by atoms with Gasteiger partial charge in [0.1, 0.15) is 0 Å². The van der Waals surface area contributed by atoms with E-state index < -0.39 is 12.1 Å². The van der Waals surface area contributed by atoms with E-state index >= 15 is 0 Å². The molecule has 0 fully saturated rings. The first kappa shape index (κ1) is 48.9. The fourth-order valence-corrected chi connectivity index (χ4v) is 7.00. The zero-order valence-electron chi connectivity index (χ0n) is 33.9. The van der Waals surface area contributed by atoms with Gasteiger partial charge in [-0.05, 0) is 32.1 Å². The molecule has 0 heterocycles. The van der Waals surface area contributed by atoms with E-state index in [1.807, 2.05) is 0 Å². The van der Waals surface area contributed by atoms with Crippen molar-refractivity contribution in [3.8, 4) is 0 Å². The van der Waals surface area contributed by atoms with Crippen LogP contribution < -0.4 is 5.32 Å². The third kappa shape index (κ3) is 38.1. The molecule has 0 saturated carbocycles. The summed E-state index contributed by atoms with van der Waals surface area (Å²) in [6, 6.07) is -0.564. The summed E-state index contributed by atoms with van der Waals surface area (Å²) in [5.74, 6) is -0.0961. The lowest BCUT2D eigenvalue weighted by Gasteiger charge is -2.22. The van der Waals surface area contributed by atoms with Crippen molar-refractivity contribution in [1.82, 2.24) is 5.32 Å². The molecule has 0 radical (unpaired) electrons. The quantitative estimate of drug-likeness (QED) is 0.0438. The van der Waals surface area contributed by atoms with Gasteiger partial charge in [-0.2, -0.15) is 0 Å². The van der Waals surface area contributed by atoms with Crippen LogP contribution in [0.15, 0.2) is 24.3 Å². The van der Waals surface area contributed by atoms with Gasteiger partial charge in [-0.3, -0.25) is 4.79 Å². The molecule has 0 spiro atoms. The molecule has 0 aromatic carbocycles. The number of carbonyl (C=O) groups excluding carboxylic acids is 1. The third-order valence-corrected chi connectivity index (χ3v) is 10.5. The van der Waals surface area contributed by atoms with Crippen molar-refractivity contribution >= 4 is 5.91 Å². The lowest BCUT2D eigenvalue weighted by Crippen LogP contribution is -2.45. The first-order chi connectivity index (χ1) is 24.7. The average Bonchev–Trinajstić information content (AvgIpc) is 3.12. The van der Waals surface area contributed by atoms with E-state index in [1.54, 1.807) is 0 Å². The number of hydrogen-bond acceptors (Lipinski definition) is 3. The van der Waals surface area contributed by atoms with Gasteiger partial charge < -0.3 is 15.5 Å². The average molecular weight is 704 g/mol. The minimum Gasteiger partial charge on any atom is -0.394 e. The SMILES string of the molecule is CCCCCCCC/C=C\C/C=C\CCC(=O)NC(CO)C(O)CCCCCCCCCCCCCCCCCCCCCCCCCCC. The molecule has 50 heavy (non-hydrogen) atoms. The van der Waals surface area contributed by atoms with Gasteiger partial charge >= 0.3 is 0 Å². The van der Waals surface area contributed by atoms with Crippen LogP contribution in [0.3, 0.4) is 0 Å². The highest BCUT2D eigenvalue weighted by Gasteiger charge is 2.19. The first-order valence-corrected chi connectivity index (χ1v) is 22.5. The topological polar surface area (TPSA) is 69.6 Å². The molecule has 4 heteroatoms. The fourth-order valence-electron chi connectivity index (χ4n) is 7.00. The highest BCUT2D eigenvalue weighted by molar-refractivity contribution is 5.76. The van der Waals surface area contributed by atoms with Crippen molar-refractivity contribution in [2.24, 2.45) is 0 Å². The Morgan fingerprint density at radius 3 is 1.20 bits per heavy atom. The molecule has 0 aliphatic carbocycles. The van der Waals surface area contributed by atoms with Crippen LogP contribution in [-0.2, 0) is 4.79 Å². The van der Waals surface area contributed by atoms with Crippen molar-refractivity contribution in [2.75, 3.05) is 6.61 Å². The second-order valence-electron chi connectivity index (χ2n) is 15.5. The number of aliphatic hydroxyl groups excluding tert-OH is 2. The number of allylic oxidation sites excluding steroid dienone is 4. The van der Waals surface area contributed by atoms with Gasteiger partial charge in [-0.1, -0.05) is 231 Å². The van der Waals surface area contributed by atoms with Crippen LogP contribution in [0, 0.1) is 0 Å². The van der Waals surface area contributed by atoms with Gasteiger partial charge in [0.25, 0.3) is 0 Å². The minimum absolute atomic E-state index is 0.0961. The predicted molar refractivity (Wildman–Crippen MR) is 221 cm³/mol. The molecule has 0 rings (SSSR count). The van der Waals surface area contributed by atoms with Crippen LogP contribution in [0.2, 0.25) is 0 Å². The maximum Gasteiger partial charge on any atom is 0.220 e. The van der Waals surface area contributed by atoms with E-state index in [4.69, 9.17) is 0 Å². The number of hydrogen-bond donors (Lipinski definition) is 3. The van der Waals surface area contributed by atoms with Gasteiger partial charge in [0.15, 0.2) is 0 Å². The van der Waals surface area contributed by atoms with Crippen LogP contribution in [0.5, 0.6) is 0 Å². The third-order valence-electron chi connectivity index (χ3n) is 10.5. The molecule has 0 bridgehead atoms. The van der Waals surface area contributed by atoms with E-state index in [9.17, 15) is 15.0 Å². The smallest absolute Gasteiger partial charge is 0.220 e. The lowest BCUT2D eigenvalue weighted by atomic mass is 10.0. The van der Waals surface area contributed by atoms with Crippen LogP contribution in [-0.4, -0.2) is 34.9 Å². The molecule has 4 nitrogen and oxygen atoms in total. The zero-order chi connectivity index (χ0) is 36.4. The first-order valence-electron chi connectivity index (χ1n) is 22.5. The summed E-state index contributed by atoms with van der Waals surface area (Å²) < 4.78 is 0. The number of rotatable bonds is 41. The normalized spacial score (nSPS) is 13.1. The maximum absolute atomic E-state index is 12.3. The van der Waals surface area contributed by atoms with Gasteiger partial charge in [0.2, 0.25) is 5.91 Å². The van der Waals surface area contributed by atoms with Crippen molar-refractivity contribution in [3.05, 3.63) is 24.3 Å². The largest absolute Gasteiger partial charge is 0.394 e. The van der Waals surface area contributed by atoms with Crippen molar-refractivity contribution < 1.29 is 15.0 Å². The van der Waals surface area contributed by atoms with Gasteiger partial charge in [-0.15, -0.1) is 0 Å². The summed E-state index contributed by atoms with van der Waals surface area (Å²) in [6.45, 7) is 4.33. The Bertz CT molecular complexity index is 720. The van der Waals surface area contributed by atoms with Gasteiger partial charge in [0, 0.05) is 6.42 Å². The molecule has 2 unspecified atom stereocenters. The van der Waals surface area contributed by atoms with Gasteiger partial charge in [-0.25, -0.2) is 0 Å². The molecule has 0 aromatic heterocycles. The minimum atomic E-state index is -0.680. The number of unbranched alkanes of at least 4 members (excludes halogenated alkanes) is 30. The molecule has 0 aromatic rings. The summed E-state index contributed by atoms with van der Waals surface area (Å²) in [4.78, 5) is 12.3. The van der Waals surface area contributed by atoms with Crippen LogP contribution in [0.1, 0.15) is 245 Å². The maximum atomic E-state index is 12.3. The van der Waals surface area contributed by atoms with E-state index in [0.29, 0.717) is 19.3 Å². The Morgan fingerprint density at radius 2 is 0.820 bits per heavy atom. The molecule has 0 aliphatic heterocycles. The second kappa shape index (κ2) is 42.3. The monoisotopic (exact) mass is 704 g/mol. The highest BCUT2D eigenvalue weighted by Crippen LogP contribution is 2.17. The van der Waals surface area contributed by atoms with E-state index in [-0.39, 0.29) is 12.5 Å². The number of carbonyl (C=O) groups is 1. The molecular formula is C46H89NO3. The van der Waals surface area contributed by atoms with Crippen LogP contribution >= 0.6 is 0 Å². The van der Waals surface area contributed by atoms with Gasteiger partial charge in [0.05, 0.1) is 18.8 Å². The van der Waals surface area contributed by atoms with Crippen molar-refractivity contribution in [1.29, 1.82) is 0 Å². The Hall–Kier alpha value is -1.13. The predicted octanol–water partition coefficient (Wildman–Crippen LogP) is 14.0. The Morgan fingerprint density at radius 1 is 0.480 bits per heavy atom. The summed E-state index contributed by atoms with van der Waals surface area (Å²) in [6.07, 6.45) is 54.2. The zero-order valence-corrected chi connectivity index (χ0v) is 33.9. The number of nitrogens with one attached hydrogen (secondary N) is 1. The van der Waals surface area contributed by atoms with Crippen molar-refractivity contribution in [2.45, 2.75) is 257 Å². The summed E-state index contributed by atoms with van der Waals surface area (Å²) in [5, 5.41) is 23.1. The molecule has 3 N–H and O–H groups in total. The number of aliphatic hydroxyl groups is 2. The summed E-state index contributed by atoms with van der Waals surface area (Å²) in [5.41, 5.74) is 0. The van der Waals surface area contributed by atoms with E-state index in [0.717, 1.165) is 25.7 Å². The molecule has 296 valence electrons. The molecule has 2 atom stereocenters. The Balaban J connectivity index is 3.49. The van der Waals surface area contributed by atoms with Crippen LogP contribution in [0.25, 0.3) is 0 Å². The highest BCUT2D eigenvalue weighted by atomic mass is 16.3.